The van der Waals surface area contributed by atoms with Crippen LogP contribution in [0.2, 0.25) is 0 Å². The molecule has 0 unspecified atom stereocenters. The Bertz CT molecular complexity index is 1070. The zero-order valence-corrected chi connectivity index (χ0v) is 18.5. The third-order valence-electron chi connectivity index (χ3n) is 5.48. The molecule has 0 aliphatic carbocycles. The lowest BCUT2D eigenvalue weighted by molar-refractivity contribution is 0.265. The summed E-state index contributed by atoms with van der Waals surface area (Å²) in [6.45, 7) is 2.57. The van der Waals surface area contributed by atoms with Gasteiger partial charge in [-0.3, -0.25) is 4.99 Å². The van der Waals surface area contributed by atoms with Crippen LogP contribution in [0.5, 0.6) is 11.5 Å². The lowest BCUT2D eigenvalue weighted by Crippen LogP contribution is -2.50. The maximum Gasteiger partial charge on any atom is 0.243 e. The van der Waals surface area contributed by atoms with Crippen molar-refractivity contribution in [3.05, 3.63) is 54.1 Å². The van der Waals surface area contributed by atoms with Crippen LogP contribution >= 0.6 is 0 Å². The van der Waals surface area contributed by atoms with Crippen molar-refractivity contribution in [3.63, 3.8) is 0 Å². The van der Waals surface area contributed by atoms with Gasteiger partial charge < -0.3 is 14.4 Å². The fraction of sp³-hybridized carbons (Fsp3) is 0.364. The Balaban J connectivity index is 1.34. The molecule has 2 aliphatic rings. The van der Waals surface area contributed by atoms with Crippen LogP contribution in [0, 0.1) is 0 Å². The number of aliphatic imine (C=N–C) groups is 2. The number of sulfonamides is 1. The topological polar surface area (TPSA) is 83.8 Å². The van der Waals surface area contributed by atoms with Crippen molar-refractivity contribution in [1.29, 1.82) is 0 Å². The second-order valence-corrected chi connectivity index (χ2v) is 9.29. The van der Waals surface area contributed by atoms with Crippen LogP contribution in [0.15, 0.2) is 63.4 Å². The fourth-order valence-electron chi connectivity index (χ4n) is 3.66. The van der Waals surface area contributed by atoms with Gasteiger partial charge in [0.15, 0.2) is 0 Å². The van der Waals surface area contributed by atoms with Gasteiger partial charge in [-0.1, -0.05) is 12.1 Å². The normalized spacial score (nSPS) is 17.3. The van der Waals surface area contributed by atoms with Gasteiger partial charge in [0.1, 0.15) is 23.2 Å². The lowest BCUT2D eigenvalue weighted by Gasteiger charge is -2.34. The molecule has 0 amide bonds. The summed E-state index contributed by atoms with van der Waals surface area (Å²) in [7, 11) is -0.315. The Kier molecular flexibility index (Phi) is 6.24. The van der Waals surface area contributed by atoms with Gasteiger partial charge in [-0.15, -0.1) is 0 Å². The minimum absolute atomic E-state index is 0.282. The van der Waals surface area contributed by atoms with Gasteiger partial charge in [0, 0.05) is 32.6 Å². The van der Waals surface area contributed by atoms with Crippen molar-refractivity contribution >= 4 is 21.7 Å². The molecule has 0 atom stereocenters. The number of benzene rings is 2. The molecule has 9 heteroatoms. The quantitative estimate of drug-likeness (QED) is 0.684. The largest absolute Gasteiger partial charge is 0.497 e. The van der Waals surface area contributed by atoms with Crippen LogP contribution in [-0.2, 0) is 16.4 Å². The van der Waals surface area contributed by atoms with Crippen molar-refractivity contribution < 1.29 is 17.9 Å². The summed E-state index contributed by atoms with van der Waals surface area (Å²) >= 11 is 0. The molecule has 1 fully saturated rings. The molecule has 0 saturated carbocycles. The maximum atomic E-state index is 12.9. The molecule has 2 aliphatic heterocycles. The SMILES string of the molecule is COc1ccc(CC2=NCC(N3CCN(S(=O)(=O)c4ccc(OC)cc4)CC3)=N2)cc1. The monoisotopic (exact) mass is 442 g/mol. The van der Waals surface area contributed by atoms with Crippen LogP contribution in [-0.4, -0.2) is 76.2 Å². The minimum Gasteiger partial charge on any atom is -0.497 e. The average molecular weight is 443 g/mol. The molecule has 164 valence electrons. The van der Waals surface area contributed by atoms with Gasteiger partial charge in [-0.25, -0.2) is 13.4 Å². The first-order valence-corrected chi connectivity index (χ1v) is 11.6. The van der Waals surface area contributed by atoms with Crippen molar-refractivity contribution in [3.8, 4) is 11.5 Å². The van der Waals surface area contributed by atoms with E-state index < -0.39 is 10.0 Å². The summed E-state index contributed by atoms with van der Waals surface area (Å²) in [4.78, 5) is 11.7. The smallest absolute Gasteiger partial charge is 0.243 e. The predicted octanol–water partition coefficient (Wildman–Crippen LogP) is 2.06. The average Bonchev–Trinajstić information content (AvgIpc) is 3.28. The highest BCUT2D eigenvalue weighted by Gasteiger charge is 2.30. The van der Waals surface area contributed by atoms with Gasteiger partial charge in [0.2, 0.25) is 10.0 Å². The molecule has 0 spiro atoms. The molecule has 31 heavy (non-hydrogen) atoms. The van der Waals surface area contributed by atoms with Crippen molar-refractivity contribution in [2.45, 2.75) is 11.3 Å². The van der Waals surface area contributed by atoms with Gasteiger partial charge >= 0.3 is 0 Å². The Morgan fingerprint density at radius 2 is 1.45 bits per heavy atom. The zero-order valence-electron chi connectivity index (χ0n) is 17.7. The molecule has 0 aromatic heterocycles. The van der Waals surface area contributed by atoms with Crippen LogP contribution < -0.4 is 9.47 Å². The number of rotatable bonds is 6. The standard InChI is InChI=1S/C22H26N4O4S/c1-29-18-5-3-17(4-6-18)15-21-23-16-22(24-21)25-11-13-26(14-12-25)31(27,28)20-9-7-19(30-2)8-10-20/h3-10H,11-16H2,1-2H3. The van der Waals surface area contributed by atoms with Crippen molar-refractivity contribution in [2.24, 2.45) is 9.98 Å². The molecule has 2 heterocycles. The first-order valence-electron chi connectivity index (χ1n) is 10.1. The molecule has 2 aromatic rings. The first-order chi connectivity index (χ1) is 15.0. The number of hydrogen-bond donors (Lipinski definition) is 0. The second kappa shape index (κ2) is 9.07. The molecular weight excluding hydrogens is 416 g/mol. The van der Waals surface area contributed by atoms with E-state index in [1.807, 2.05) is 24.3 Å². The van der Waals surface area contributed by atoms with E-state index in [9.17, 15) is 8.42 Å². The summed E-state index contributed by atoms with van der Waals surface area (Å²) in [6, 6.07) is 14.4. The van der Waals surface area contributed by atoms with Crippen LogP contribution in [0.4, 0.5) is 0 Å². The second-order valence-electron chi connectivity index (χ2n) is 7.35. The Labute approximate surface area is 182 Å². The molecular formula is C22H26N4O4S. The van der Waals surface area contributed by atoms with Gasteiger partial charge in [-0.05, 0) is 42.0 Å². The first kappa shape index (κ1) is 21.3. The minimum atomic E-state index is -3.52. The number of nitrogens with zero attached hydrogens (tertiary/aromatic N) is 4. The molecule has 0 radical (unpaired) electrons. The number of piperazine rings is 1. The molecule has 8 nitrogen and oxygen atoms in total. The van der Waals surface area contributed by atoms with Crippen LogP contribution in [0.3, 0.4) is 0 Å². The third kappa shape index (κ3) is 4.72. The van der Waals surface area contributed by atoms with E-state index in [0.29, 0.717) is 44.9 Å². The van der Waals surface area contributed by atoms with E-state index in [1.54, 1.807) is 38.5 Å². The maximum absolute atomic E-state index is 12.9. The lowest BCUT2D eigenvalue weighted by atomic mass is 10.1. The van der Waals surface area contributed by atoms with Gasteiger partial charge in [0.05, 0.1) is 25.7 Å². The van der Waals surface area contributed by atoms with E-state index in [2.05, 4.69) is 9.89 Å². The van der Waals surface area contributed by atoms with E-state index in [0.717, 1.165) is 23.0 Å². The summed E-state index contributed by atoms with van der Waals surface area (Å²) < 4.78 is 37.7. The fourth-order valence-corrected chi connectivity index (χ4v) is 5.08. The molecule has 4 rings (SSSR count). The summed E-state index contributed by atoms with van der Waals surface area (Å²) in [5, 5.41) is 0. The summed E-state index contributed by atoms with van der Waals surface area (Å²) in [5.74, 6) is 3.16. The van der Waals surface area contributed by atoms with Gasteiger partial charge in [-0.2, -0.15) is 4.31 Å². The zero-order chi connectivity index (χ0) is 21.8. The Hall–Kier alpha value is -2.91. The highest BCUT2D eigenvalue weighted by atomic mass is 32.2. The van der Waals surface area contributed by atoms with Crippen molar-refractivity contribution in [1.82, 2.24) is 9.21 Å². The van der Waals surface area contributed by atoms with Crippen LogP contribution in [0.1, 0.15) is 5.56 Å². The highest BCUT2D eigenvalue weighted by molar-refractivity contribution is 7.89. The number of amidine groups is 2. The van der Waals surface area contributed by atoms with E-state index in [4.69, 9.17) is 14.5 Å². The molecule has 0 N–H and O–H groups in total. The van der Waals surface area contributed by atoms with Crippen LogP contribution in [0.25, 0.3) is 0 Å². The molecule has 1 saturated heterocycles. The third-order valence-corrected chi connectivity index (χ3v) is 7.40. The summed E-state index contributed by atoms with van der Waals surface area (Å²) in [6.07, 6.45) is 0.666. The Morgan fingerprint density at radius 1 is 0.871 bits per heavy atom. The van der Waals surface area contributed by atoms with Crippen molar-refractivity contribution in [2.75, 3.05) is 46.9 Å². The predicted molar refractivity (Wildman–Crippen MR) is 120 cm³/mol. The number of methoxy groups -OCH3 is 2. The Morgan fingerprint density at radius 3 is 2.03 bits per heavy atom. The number of hydrogen-bond acceptors (Lipinski definition) is 7. The molecule has 0 bridgehead atoms. The van der Waals surface area contributed by atoms with Gasteiger partial charge in [0.25, 0.3) is 0 Å². The summed E-state index contributed by atoms with van der Waals surface area (Å²) in [5.41, 5.74) is 1.12. The number of ether oxygens (including phenoxy) is 2. The van der Waals surface area contributed by atoms with E-state index in [-0.39, 0.29) is 4.90 Å². The molecule has 2 aromatic carbocycles. The van der Waals surface area contributed by atoms with E-state index >= 15 is 0 Å². The van der Waals surface area contributed by atoms with E-state index in [1.165, 1.54) is 4.31 Å². The highest BCUT2D eigenvalue weighted by Crippen LogP contribution is 2.21.